The molecule has 0 heterocycles. The number of aliphatic hydroxyl groups is 1. The average Bonchev–Trinajstić information content (AvgIpc) is 2.15. The van der Waals surface area contributed by atoms with Crippen LogP contribution in [0.1, 0.15) is 44.9 Å². The Morgan fingerprint density at radius 3 is 2.50 bits per heavy atom. The lowest BCUT2D eigenvalue weighted by molar-refractivity contribution is -0.124. The molecule has 1 saturated carbocycles. The molecule has 0 aromatic heterocycles. The van der Waals surface area contributed by atoms with Gasteiger partial charge in [0.05, 0.1) is 0 Å². The van der Waals surface area contributed by atoms with E-state index in [2.05, 4.69) is 0 Å². The lowest BCUT2D eigenvalue weighted by atomic mass is 9.85. The van der Waals surface area contributed by atoms with Crippen molar-refractivity contribution in [3.8, 4) is 0 Å². The molecule has 1 aliphatic carbocycles. The maximum Gasteiger partial charge on any atom is 0.136 e. The maximum atomic E-state index is 11.4. The van der Waals surface area contributed by atoms with Gasteiger partial charge in [-0.05, 0) is 19.3 Å². The molecular weight excluding hydrogens is 152 g/mol. The van der Waals surface area contributed by atoms with Gasteiger partial charge in [0.1, 0.15) is 5.78 Å². The second-order valence-electron chi connectivity index (χ2n) is 3.63. The van der Waals surface area contributed by atoms with Gasteiger partial charge >= 0.3 is 0 Å². The highest BCUT2D eigenvalue weighted by Crippen LogP contribution is 2.25. The Hall–Kier alpha value is -0.370. The Balaban J connectivity index is 2.20. The van der Waals surface area contributed by atoms with Gasteiger partial charge in [0, 0.05) is 18.9 Å². The Bertz CT molecular complexity index is 137. The first-order chi connectivity index (χ1) is 5.84. The Morgan fingerprint density at radius 2 is 1.92 bits per heavy atom. The molecule has 0 atom stereocenters. The average molecular weight is 170 g/mol. The molecule has 1 rings (SSSR count). The van der Waals surface area contributed by atoms with E-state index in [9.17, 15) is 4.79 Å². The summed E-state index contributed by atoms with van der Waals surface area (Å²) < 4.78 is 0. The molecule has 1 fully saturated rings. The number of ketones is 1. The molecule has 0 aromatic rings. The zero-order valence-corrected chi connectivity index (χ0v) is 7.59. The maximum absolute atomic E-state index is 11.4. The lowest BCUT2D eigenvalue weighted by Crippen LogP contribution is -2.17. The third-order valence-electron chi connectivity index (χ3n) is 2.64. The predicted octanol–water partition coefficient (Wildman–Crippen LogP) is 1.91. The smallest absolute Gasteiger partial charge is 0.136 e. The summed E-state index contributed by atoms with van der Waals surface area (Å²) in [6.07, 6.45) is 7.14. The van der Waals surface area contributed by atoms with Crippen LogP contribution >= 0.6 is 0 Å². The summed E-state index contributed by atoms with van der Waals surface area (Å²) in [6.45, 7) is 0.151. The van der Waals surface area contributed by atoms with E-state index >= 15 is 0 Å². The highest BCUT2D eigenvalue weighted by molar-refractivity contribution is 5.80. The van der Waals surface area contributed by atoms with Gasteiger partial charge in [0.25, 0.3) is 0 Å². The van der Waals surface area contributed by atoms with Crippen molar-refractivity contribution >= 4 is 5.78 Å². The fourth-order valence-electron chi connectivity index (χ4n) is 1.88. The monoisotopic (exact) mass is 170 g/mol. The van der Waals surface area contributed by atoms with Crippen LogP contribution in [0.5, 0.6) is 0 Å². The van der Waals surface area contributed by atoms with Crippen molar-refractivity contribution in [1.82, 2.24) is 0 Å². The summed E-state index contributed by atoms with van der Waals surface area (Å²) in [6, 6.07) is 0. The van der Waals surface area contributed by atoms with Gasteiger partial charge in [-0.1, -0.05) is 19.3 Å². The van der Waals surface area contributed by atoms with Crippen LogP contribution in [0.15, 0.2) is 0 Å². The van der Waals surface area contributed by atoms with Gasteiger partial charge in [0.2, 0.25) is 0 Å². The van der Waals surface area contributed by atoms with E-state index in [-0.39, 0.29) is 6.61 Å². The minimum Gasteiger partial charge on any atom is -0.396 e. The first kappa shape index (κ1) is 9.72. The van der Waals surface area contributed by atoms with E-state index in [4.69, 9.17) is 5.11 Å². The van der Waals surface area contributed by atoms with Gasteiger partial charge in [-0.25, -0.2) is 0 Å². The normalized spacial score (nSPS) is 19.4. The highest BCUT2D eigenvalue weighted by Gasteiger charge is 2.19. The van der Waals surface area contributed by atoms with E-state index in [1.165, 1.54) is 19.3 Å². The summed E-state index contributed by atoms with van der Waals surface area (Å²) in [5.41, 5.74) is 0. The van der Waals surface area contributed by atoms with Crippen molar-refractivity contribution in [1.29, 1.82) is 0 Å². The summed E-state index contributed by atoms with van der Waals surface area (Å²) >= 11 is 0. The van der Waals surface area contributed by atoms with Gasteiger partial charge in [-0.3, -0.25) is 4.79 Å². The fourth-order valence-corrected chi connectivity index (χ4v) is 1.88. The standard InChI is InChI=1S/C10H18O2/c11-8-4-7-10(12)9-5-2-1-3-6-9/h9,11H,1-8H2. The van der Waals surface area contributed by atoms with E-state index in [1.54, 1.807) is 0 Å². The van der Waals surface area contributed by atoms with E-state index < -0.39 is 0 Å². The fraction of sp³-hybridized carbons (Fsp3) is 0.900. The van der Waals surface area contributed by atoms with Crippen LogP contribution in [0.4, 0.5) is 0 Å². The Kier molecular flexibility index (Phi) is 4.30. The summed E-state index contributed by atoms with van der Waals surface area (Å²) in [5.74, 6) is 0.703. The van der Waals surface area contributed by atoms with Crippen molar-refractivity contribution in [3.63, 3.8) is 0 Å². The molecule has 0 aliphatic heterocycles. The molecular formula is C10H18O2. The van der Waals surface area contributed by atoms with Gasteiger partial charge in [-0.2, -0.15) is 0 Å². The zero-order chi connectivity index (χ0) is 8.81. The van der Waals surface area contributed by atoms with Gasteiger partial charge in [0.15, 0.2) is 0 Å². The van der Waals surface area contributed by atoms with Gasteiger partial charge < -0.3 is 5.11 Å². The van der Waals surface area contributed by atoms with Crippen LogP contribution in [-0.4, -0.2) is 17.5 Å². The van der Waals surface area contributed by atoms with Crippen LogP contribution in [-0.2, 0) is 4.79 Å². The van der Waals surface area contributed by atoms with E-state index in [0.29, 0.717) is 24.5 Å². The predicted molar refractivity (Wildman–Crippen MR) is 47.9 cm³/mol. The zero-order valence-electron chi connectivity index (χ0n) is 7.59. The van der Waals surface area contributed by atoms with Crippen LogP contribution in [0.2, 0.25) is 0 Å². The minimum absolute atomic E-state index is 0.151. The van der Waals surface area contributed by atoms with Crippen LogP contribution in [0.25, 0.3) is 0 Å². The summed E-state index contributed by atoms with van der Waals surface area (Å²) in [5, 5.41) is 8.56. The number of carbonyl (C=O) groups excluding carboxylic acids is 1. The number of aliphatic hydroxyl groups excluding tert-OH is 1. The lowest BCUT2D eigenvalue weighted by Gasteiger charge is -2.19. The first-order valence-electron chi connectivity index (χ1n) is 4.98. The molecule has 0 unspecified atom stereocenters. The molecule has 2 heteroatoms. The molecule has 0 spiro atoms. The molecule has 0 radical (unpaired) electrons. The van der Waals surface area contributed by atoms with E-state index in [0.717, 1.165) is 12.8 Å². The molecule has 1 N–H and O–H groups in total. The van der Waals surface area contributed by atoms with Crippen molar-refractivity contribution in [2.24, 2.45) is 5.92 Å². The SMILES string of the molecule is O=C(CCCO)C1CCCCC1. The molecule has 0 bridgehead atoms. The summed E-state index contributed by atoms with van der Waals surface area (Å²) in [7, 11) is 0. The molecule has 2 nitrogen and oxygen atoms in total. The third-order valence-corrected chi connectivity index (χ3v) is 2.64. The second-order valence-corrected chi connectivity index (χ2v) is 3.63. The summed E-state index contributed by atoms with van der Waals surface area (Å²) in [4.78, 5) is 11.4. The molecule has 70 valence electrons. The van der Waals surface area contributed by atoms with Crippen molar-refractivity contribution < 1.29 is 9.90 Å². The largest absolute Gasteiger partial charge is 0.396 e. The highest BCUT2D eigenvalue weighted by atomic mass is 16.3. The number of carbonyl (C=O) groups is 1. The molecule has 12 heavy (non-hydrogen) atoms. The van der Waals surface area contributed by atoms with Gasteiger partial charge in [-0.15, -0.1) is 0 Å². The molecule has 0 aromatic carbocycles. The molecule has 0 amide bonds. The van der Waals surface area contributed by atoms with Crippen LogP contribution < -0.4 is 0 Å². The second kappa shape index (κ2) is 5.31. The van der Waals surface area contributed by atoms with Crippen molar-refractivity contribution in [2.75, 3.05) is 6.61 Å². The van der Waals surface area contributed by atoms with Crippen molar-refractivity contribution in [3.05, 3.63) is 0 Å². The first-order valence-corrected chi connectivity index (χ1v) is 4.98. The van der Waals surface area contributed by atoms with Crippen LogP contribution in [0, 0.1) is 5.92 Å². The van der Waals surface area contributed by atoms with Crippen LogP contribution in [0.3, 0.4) is 0 Å². The number of Topliss-reactive ketones (excluding diaryl/α,β-unsaturated/α-hetero) is 1. The topological polar surface area (TPSA) is 37.3 Å². The quantitative estimate of drug-likeness (QED) is 0.699. The minimum atomic E-state index is 0.151. The molecule has 1 aliphatic rings. The number of hydrogen-bond donors (Lipinski definition) is 1. The Morgan fingerprint density at radius 1 is 1.25 bits per heavy atom. The number of hydrogen-bond acceptors (Lipinski definition) is 2. The number of rotatable bonds is 4. The van der Waals surface area contributed by atoms with Crippen molar-refractivity contribution in [2.45, 2.75) is 44.9 Å². The van der Waals surface area contributed by atoms with E-state index in [1.807, 2.05) is 0 Å². The Labute approximate surface area is 74.0 Å². The molecule has 0 saturated heterocycles. The third kappa shape index (κ3) is 2.94.